The molecule has 0 bridgehead atoms. The van der Waals surface area contributed by atoms with Crippen molar-refractivity contribution in [1.29, 1.82) is 0 Å². The van der Waals surface area contributed by atoms with Gasteiger partial charge in [0.1, 0.15) is 0 Å². The van der Waals surface area contributed by atoms with E-state index in [4.69, 9.17) is 5.73 Å². The molecule has 3 rings (SSSR count). The average molecular weight is 239 g/mol. The van der Waals surface area contributed by atoms with Crippen LogP contribution in [0.1, 0.15) is 23.2 Å². The molecule has 0 amide bonds. The number of nitrogens with two attached hydrogens (primary N) is 1. The lowest BCUT2D eigenvalue weighted by molar-refractivity contribution is 0.546. The van der Waals surface area contributed by atoms with Crippen LogP contribution >= 0.6 is 0 Å². The minimum absolute atomic E-state index is 0.0230. The summed E-state index contributed by atoms with van der Waals surface area (Å²) in [7, 11) is 0. The molecule has 4 N–H and O–H groups in total. The molecule has 1 saturated heterocycles. The number of hydrogen-bond acceptors (Lipinski definition) is 3. The van der Waals surface area contributed by atoms with Crippen LogP contribution in [0.4, 0.5) is 0 Å². The van der Waals surface area contributed by atoms with Gasteiger partial charge < -0.3 is 5.73 Å². The van der Waals surface area contributed by atoms with Gasteiger partial charge in [0.25, 0.3) is 0 Å². The molecule has 0 spiro atoms. The molecule has 2 atom stereocenters. The summed E-state index contributed by atoms with van der Waals surface area (Å²) in [5.41, 5.74) is 15.4. The number of hydrazine groups is 1. The molecule has 3 heteroatoms. The molecule has 0 saturated carbocycles. The maximum Gasteiger partial charge on any atom is 0.0632 e. The Hall–Kier alpha value is -1.68. The minimum atomic E-state index is 0.0230. The van der Waals surface area contributed by atoms with Crippen molar-refractivity contribution >= 4 is 0 Å². The van der Waals surface area contributed by atoms with E-state index in [2.05, 4.69) is 35.1 Å². The first-order valence-electron chi connectivity index (χ1n) is 6.23. The molecule has 1 fully saturated rings. The molecule has 1 heterocycles. The predicted octanol–water partition coefficient (Wildman–Crippen LogP) is 1.90. The van der Waals surface area contributed by atoms with Crippen LogP contribution in [0, 0.1) is 0 Å². The molecule has 1 aliphatic heterocycles. The topological polar surface area (TPSA) is 50.1 Å². The van der Waals surface area contributed by atoms with Gasteiger partial charge in [-0.05, 0) is 11.1 Å². The van der Waals surface area contributed by atoms with Crippen molar-refractivity contribution < 1.29 is 0 Å². The van der Waals surface area contributed by atoms with Crippen molar-refractivity contribution in [2.45, 2.75) is 18.1 Å². The second kappa shape index (κ2) is 4.90. The van der Waals surface area contributed by atoms with Gasteiger partial charge in [0.15, 0.2) is 0 Å². The molecule has 0 radical (unpaired) electrons. The van der Waals surface area contributed by atoms with Crippen LogP contribution in [-0.2, 0) is 0 Å². The van der Waals surface area contributed by atoms with E-state index in [0.717, 1.165) is 0 Å². The van der Waals surface area contributed by atoms with Crippen LogP contribution in [0.5, 0.6) is 0 Å². The predicted molar refractivity (Wildman–Crippen MR) is 72.6 cm³/mol. The average Bonchev–Trinajstić information content (AvgIpc) is 2.83. The van der Waals surface area contributed by atoms with E-state index < -0.39 is 0 Å². The van der Waals surface area contributed by atoms with Gasteiger partial charge in [0.2, 0.25) is 0 Å². The standard InChI is InChI=1S/C15H17N3/c16-13-14(11-7-3-1-4-8-11)17-18-15(13)12-9-5-2-6-10-12/h1-10,13-15,17-18H,16H2. The quantitative estimate of drug-likeness (QED) is 0.750. The first-order chi connectivity index (χ1) is 8.86. The zero-order valence-electron chi connectivity index (χ0n) is 10.1. The highest BCUT2D eigenvalue weighted by Crippen LogP contribution is 2.29. The van der Waals surface area contributed by atoms with Crippen LogP contribution in [0.25, 0.3) is 0 Å². The van der Waals surface area contributed by atoms with E-state index in [-0.39, 0.29) is 18.1 Å². The van der Waals surface area contributed by atoms with Crippen molar-refractivity contribution in [3.63, 3.8) is 0 Å². The normalized spacial score (nSPS) is 27.3. The SMILES string of the molecule is NC1C(c2ccccc2)NNC1c1ccccc1. The third-order valence-electron chi connectivity index (χ3n) is 3.48. The second-order valence-corrected chi connectivity index (χ2v) is 4.64. The summed E-state index contributed by atoms with van der Waals surface area (Å²) >= 11 is 0. The fourth-order valence-electron chi connectivity index (χ4n) is 2.50. The van der Waals surface area contributed by atoms with E-state index in [9.17, 15) is 0 Å². The third-order valence-corrected chi connectivity index (χ3v) is 3.48. The van der Waals surface area contributed by atoms with Crippen LogP contribution in [0.15, 0.2) is 60.7 Å². The Bertz CT molecular complexity index is 450. The first kappa shape index (κ1) is 11.4. The van der Waals surface area contributed by atoms with Gasteiger partial charge in [-0.25, -0.2) is 10.9 Å². The number of benzene rings is 2. The van der Waals surface area contributed by atoms with Crippen molar-refractivity contribution in [3.05, 3.63) is 71.8 Å². The summed E-state index contributed by atoms with van der Waals surface area (Å²) in [6.45, 7) is 0. The zero-order chi connectivity index (χ0) is 12.4. The molecule has 2 unspecified atom stereocenters. The van der Waals surface area contributed by atoms with E-state index in [1.54, 1.807) is 0 Å². The summed E-state index contributed by atoms with van der Waals surface area (Å²) in [5, 5.41) is 0. The van der Waals surface area contributed by atoms with E-state index in [0.29, 0.717) is 0 Å². The third kappa shape index (κ3) is 2.04. The van der Waals surface area contributed by atoms with Crippen molar-refractivity contribution in [2.75, 3.05) is 0 Å². The fourth-order valence-corrected chi connectivity index (χ4v) is 2.50. The molecular weight excluding hydrogens is 222 g/mol. The number of hydrogen-bond donors (Lipinski definition) is 3. The van der Waals surface area contributed by atoms with E-state index in [1.807, 2.05) is 36.4 Å². The van der Waals surface area contributed by atoms with Gasteiger partial charge >= 0.3 is 0 Å². The lowest BCUT2D eigenvalue weighted by Crippen LogP contribution is -2.31. The summed E-state index contributed by atoms with van der Waals surface area (Å²) < 4.78 is 0. The van der Waals surface area contributed by atoms with Crippen molar-refractivity contribution in [1.82, 2.24) is 10.9 Å². The maximum absolute atomic E-state index is 6.36. The van der Waals surface area contributed by atoms with E-state index in [1.165, 1.54) is 11.1 Å². The highest BCUT2D eigenvalue weighted by Gasteiger charge is 2.34. The van der Waals surface area contributed by atoms with Crippen molar-refractivity contribution in [2.24, 2.45) is 5.73 Å². The Balaban J connectivity index is 1.83. The van der Waals surface area contributed by atoms with Gasteiger partial charge in [-0.15, -0.1) is 0 Å². The maximum atomic E-state index is 6.36. The molecule has 92 valence electrons. The van der Waals surface area contributed by atoms with Crippen LogP contribution in [-0.4, -0.2) is 6.04 Å². The van der Waals surface area contributed by atoms with Crippen LogP contribution < -0.4 is 16.6 Å². The van der Waals surface area contributed by atoms with E-state index >= 15 is 0 Å². The lowest BCUT2D eigenvalue weighted by Gasteiger charge is -2.19. The summed E-state index contributed by atoms with van der Waals surface area (Å²) in [5.74, 6) is 0. The molecule has 0 aliphatic carbocycles. The van der Waals surface area contributed by atoms with Gasteiger partial charge in [0, 0.05) is 6.04 Å². The molecule has 1 aliphatic rings. The molecule has 2 aromatic carbocycles. The monoisotopic (exact) mass is 239 g/mol. The highest BCUT2D eigenvalue weighted by atomic mass is 15.4. The lowest BCUT2D eigenvalue weighted by atomic mass is 9.93. The largest absolute Gasteiger partial charge is 0.324 e. The Labute approximate surface area is 107 Å². The fraction of sp³-hybridized carbons (Fsp3) is 0.200. The minimum Gasteiger partial charge on any atom is -0.324 e. The summed E-state index contributed by atoms with van der Waals surface area (Å²) in [6, 6.07) is 20.9. The number of rotatable bonds is 2. The Kier molecular flexibility index (Phi) is 3.11. The molecule has 0 aromatic heterocycles. The number of nitrogens with one attached hydrogen (secondary N) is 2. The van der Waals surface area contributed by atoms with Crippen LogP contribution in [0.3, 0.4) is 0 Å². The molecule has 18 heavy (non-hydrogen) atoms. The molecule has 2 aromatic rings. The Morgan fingerprint density at radius 3 is 1.44 bits per heavy atom. The smallest absolute Gasteiger partial charge is 0.0632 e. The van der Waals surface area contributed by atoms with Gasteiger partial charge in [-0.3, -0.25) is 0 Å². The highest BCUT2D eigenvalue weighted by molar-refractivity contribution is 5.27. The van der Waals surface area contributed by atoms with Gasteiger partial charge in [0.05, 0.1) is 12.1 Å². The first-order valence-corrected chi connectivity index (χ1v) is 6.23. The van der Waals surface area contributed by atoms with Crippen LogP contribution in [0.2, 0.25) is 0 Å². The van der Waals surface area contributed by atoms with Gasteiger partial charge in [-0.1, -0.05) is 60.7 Å². The zero-order valence-corrected chi connectivity index (χ0v) is 10.1. The summed E-state index contributed by atoms with van der Waals surface area (Å²) in [6.07, 6.45) is 0. The Morgan fingerprint density at radius 2 is 1.06 bits per heavy atom. The van der Waals surface area contributed by atoms with Crippen molar-refractivity contribution in [3.8, 4) is 0 Å². The molecular formula is C15H17N3. The van der Waals surface area contributed by atoms with Gasteiger partial charge in [-0.2, -0.15) is 0 Å². The molecule has 3 nitrogen and oxygen atoms in total. The second-order valence-electron chi connectivity index (χ2n) is 4.64. The summed E-state index contributed by atoms with van der Waals surface area (Å²) in [4.78, 5) is 0. The Morgan fingerprint density at radius 1 is 0.667 bits per heavy atom.